The van der Waals surface area contributed by atoms with Crippen molar-refractivity contribution in [3.05, 3.63) is 201 Å². The smallest absolute Gasteiger partial charge is 0.545 e. The van der Waals surface area contributed by atoms with E-state index in [2.05, 4.69) is 39.9 Å². The zero-order chi connectivity index (χ0) is 53.6. The molecule has 4 aromatic carbocycles. The number of aromatic nitrogens is 10. The van der Waals surface area contributed by atoms with Crippen molar-refractivity contribution in [3.63, 3.8) is 0 Å². The molecule has 0 saturated heterocycles. The van der Waals surface area contributed by atoms with Crippen LogP contribution in [0.25, 0.3) is 88.5 Å². The maximum Gasteiger partial charge on any atom is 2.00 e. The molecule has 12 rings (SSSR count). The SMILES string of the molecule is O=C([O-])c1cc(C(=O)O)cc([N+](=O)[O-])c1.O=C([O-])c1cc(C(=O)O)cc([N+](=O)[O-])c1.[Mn+2].c1cnc2c(c1)c1nc(-c3ccncc3)[nH]c1c1cccnc12.c1cnc2c(c1)c1nc(-c3ccncc3)[nH]c1c1cccnc12. The van der Waals surface area contributed by atoms with Gasteiger partial charge in [-0.15, -0.1) is 0 Å². The van der Waals surface area contributed by atoms with E-state index >= 15 is 0 Å². The van der Waals surface area contributed by atoms with E-state index in [1.807, 2.05) is 72.8 Å². The fourth-order valence-corrected chi connectivity index (χ4v) is 7.90. The number of nitrogens with one attached hydrogen (secondary N) is 2. The second kappa shape index (κ2) is 22.4. The molecule has 25 heteroatoms. The maximum atomic E-state index is 10.5. The van der Waals surface area contributed by atoms with Crippen molar-refractivity contribution in [2.45, 2.75) is 0 Å². The normalized spacial score (nSPS) is 10.6. The van der Waals surface area contributed by atoms with E-state index in [0.29, 0.717) is 0 Å². The fourth-order valence-electron chi connectivity index (χ4n) is 7.90. The van der Waals surface area contributed by atoms with Gasteiger partial charge in [0, 0.05) is 118 Å². The monoisotopic (exact) mass is 1070 g/mol. The first kappa shape index (κ1) is 52.3. The third-order valence-electron chi connectivity index (χ3n) is 11.3. The number of nitro benzene ring substituents is 2. The number of aromatic amines is 2. The molecule has 8 aromatic heterocycles. The predicted octanol–water partition coefficient (Wildman–Crippen LogP) is 6.75. The van der Waals surface area contributed by atoms with Crippen LogP contribution in [-0.4, -0.2) is 93.8 Å². The Bertz CT molecular complexity index is 3720. The van der Waals surface area contributed by atoms with Crippen LogP contribution in [0.1, 0.15) is 41.4 Å². The van der Waals surface area contributed by atoms with Crippen molar-refractivity contribution < 1.29 is 66.5 Å². The summed E-state index contributed by atoms with van der Waals surface area (Å²) in [4.78, 5) is 104. The number of fused-ring (bicyclic) bond motifs is 12. The number of non-ortho nitro benzene ring substituents is 2. The Morgan fingerprint density at radius 1 is 0.429 bits per heavy atom. The number of carboxylic acids is 4. The first-order chi connectivity index (χ1) is 36.7. The summed E-state index contributed by atoms with van der Waals surface area (Å²) in [5.74, 6) is -4.57. The summed E-state index contributed by atoms with van der Waals surface area (Å²) < 4.78 is 0. The number of benzene rings is 4. The number of aromatic carboxylic acids is 4. The third-order valence-corrected chi connectivity index (χ3v) is 11.3. The number of nitro groups is 2. The molecule has 0 aliphatic rings. The van der Waals surface area contributed by atoms with Gasteiger partial charge in [-0.3, -0.25) is 50.1 Å². The molecule has 0 unspecified atom stereocenters. The Morgan fingerprint density at radius 3 is 1.05 bits per heavy atom. The minimum absolute atomic E-state index is 0. The Hall–Kier alpha value is -11.0. The summed E-state index contributed by atoms with van der Waals surface area (Å²) in [5.41, 5.74) is 6.13. The van der Waals surface area contributed by atoms with Crippen LogP contribution in [-0.2, 0) is 17.1 Å². The second-order valence-corrected chi connectivity index (χ2v) is 15.9. The van der Waals surface area contributed by atoms with Crippen LogP contribution in [0.15, 0.2) is 159 Å². The second-order valence-electron chi connectivity index (χ2n) is 15.9. The molecule has 0 spiro atoms. The molecule has 4 N–H and O–H groups in total. The molecule has 0 atom stereocenters. The molecular formula is C52H30MnN12O12. The van der Waals surface area contributed by atoms with Gasteiger partial charge in [-0.25, -0.2) is 19.6 Å². The largest absolute Gasteiger partial charge is 2.00 e. The van der Waals surface area contributed by atoms with Gasteiger partial charge in [0.1, 0.15) is 11.6 Å². The van der Waals surface area contributed by atoms with Crippen LogP contribution in [0.2, 0.25) is 0 Å². The van der Waals surface area contributed by atoms with E-state index < -0.39 is 67.4 Å². The first-order valence-electron chi connectivity index (χ1n) is 22.0. The number of imidazole rings is 2. The van der Waals surface area contributed by atoms with Crippen LogP contribution in [0, 0.1) is 20.2 Å². The average Bonchev–Trinajstić information content (AvgIpc) is 4.16. The van der Waals surface area contributed by atoms with Crippen LogP contribution in [0.3, 0.4) is 0 Å². The summed E-state index contributed by atoms with van der Waals surface area (Å²) in [7, 11) is 0. The van der Waals surface area contributed by atoms with Crippen molar-refractivity contribution >= 4 is 101 Å². The number of carbonyl (C=O) groups excluding carboxylic acids is 2. The van der Waals surface area contributed by atoms with Gasteiger partial charge in [-0.05, 0) is 84.9 Å². The number of hydrogen-bond donors (Lipinski definition) is 4. The minimum Gasteiger partial charge on any atom is -0.545 e. The standard InChI is InChI=1S/2C18H11N5.2C8H5NO6.Mn/c2*1-3-12-14(20-7-1)15-13(4-2-8-21-15)17-16(12)22-18(23-17)11-5-9-19-10-6-11;2*10-7(11)4-1-5(8(12)13)3-6(2-4)9(14)15;/h2*1-10H,(H,22,23);2*1-3H,(H,10,11)(H,12,13);/q;;;;+2/p-2. The summed E-state index contributed by atoms with van der Waals surface area (Å²) in [6.07, 6.45) is 14.2. The zero-order valence-corrected chi connectivity index (χ0v) is 40.0. The molecule has 0 amide bonds. The van der Waals surface area contributed by atoms with E-state index in [0.717, 1.165) is 125 Å². The van der Waals surface area contributed by atoms with E-state index in [1.54, 1.807) is 49.6 Å². The number of hydrogen-bond acceptors (Lipinski definition) is 18. The van der Waals surface area contributed by atoms with Gasteiger partial charge >= 0.3 is 29.0 Å². The van der Waals surface area contributed by atoms with Gasteiger partial charge in [0.25, 0.3) is 11.4 Å². The Labute approximate surface area is 439 Å². The molecule has 77 heavy (non-hydrogen) atoms. The first-order valence-corrected chi connectivity index (χ1v) is 22.0. The van der Waals surface area contributed by atoms with Gasteiger partial charge in [-0.2, -0.15) is 0 Å². The quantitative estimate of drug-likeness (QED) is 0.0528. The molecule has 0 fully saturated rings. The molecule has 0 bridgehead atoms. The topological polar surface area (TPSA) is 376 Å². The molecule has 0 saturated carbocycles. The summed E-state index contributed by atoms with van der Waals surface area (Å²) in [5, 5.41) is 62.7. The molecule has 0 aliphatic heterocycles. The molecule has 24 nitrogen and oxygen atoms in total. The van der Waals surface area contributed by atoms with Gasteiger partial charge < -0.3 is 40.0 Å². The maximum absolute atomic E-state index is 10.5. The number of pyridine rings is 6. The Morgan fingerprint density at radius 2 is 0.740 bits per heavy atom. The van der Waals surface area contributed by atoms with E-state index in [9.17, 15) is 49.6 Å². The fraction of sp³-hybridized carbons (Fsp3) is 0. The minimum atomic E-state index is -1.67. The van der Waals surface area contributed by atoms with Crippen molar-refractivity contribution in [2.75, 3.05) is 0 Å². The van der Waals surface area contributed by atoms with Crippen molar-refractivity contribution in [3.8, 4) is 22.8 Å². The van der Waals surface area contributed by atoms with E-state index in [-0.39, 0.29) is 17.1 Å². The summed E-state index contributed by atoms with van der Waals surface area (Å²) >= 11 is 0. The summed E-state index contributed by atoms with van der Waals surface area (Å²) in [6.45, 7) is 0. The Kier molecular flexibility index (Phi) is 15.2. The van der Waals surface area contributed by atoms with E-state index in [1.165, 1.54) is 0 Å². The van der Waals surface area contributed by atoms with Crippen LogP contribution >= 0.6 is 0 Å². The number of carboxylic acid groups (broad SMARTS) is 4. The number of carbonyl (C=O) groups is 4. The zero-order valence-electron chi connectivity index (χ0n) is 38.8. The van der Waals surface area contributed by atoms with Gasteiger partial charge in [-0.1, -0.05) is 0 Å². The van der Waals surface area contributed by atoms with Crippen molar-refractivity contribution in [2.24, 2.45) is 0 Å². The van der Waals surface area contributed by atoms with Crippen molar-refractivity contribution in [1.29, 1.82) is 0 Å². The number of nitrogens with zero attached hydrogens (tertiary/aromatic N) is 10. The summed E-state index contributed by atoms with van der Waals surface area (Å²) in [6, 6.07) is 28.3. The van der Waals surface area contributed by atoms with Gasteiger partial charge in [0.2, 0.25) is 0 Å². The van der Waals surface area contributed by atoms with E-state index in [4.69, 9.17) is 20.2 Å². The molecule has 12 aromatic rings. The van der Waals surface area contributed by atoms with Gasteiger partial charge in [0.15, 0.2) is 0 Å². The molecule has 8 heterocycles. The molecule has 377 valence electrons. The van der Waals surface area contributed by atoms with Crippen LogP contribution in [0.5, 0.6) is 0 Å². The average molecular weight is 1070 g/mol. The number of H-pyrrole nitrogens is 2. The Balaban J connectivity index is 0.000000138. The van der Waals surface area contributed by atoms with Crippen LogP contribution in [0.4, 0.5) is 11.4 Å². The third kappa shape index (κ3) is 11.0. The predicted molar refractivity (Wildman–Crippen MR) is 269 cm³/mol. The molecule has 1 radical (unpaired) electrons. The van der Waals surface area contributed by atoms with Crippen LogP contribution < -0.4 is 10.2 Å². The number of rotatable bonds is 8. The molecular weight excluding hydrogens is 1040 g/mol. The van der Waals surface area contributed by atoms with Crippen molar-refractivity contribution in [1.82, 2.24) is 49.8 Å². The molecule has 0 aliphatic carbocycles. The van der Waals surface area contributed by atoms with Gasteiger partial charge in [0.05, 0.1) is 77.0 Å².